The van der Waals surface area contributed by atoms with Gasteiger partial charge >= 0.3 is 0 Å². The number of ether oxygens (including phenoxy) is 3. The summed E-state index contributed by atoms with van der Waals surface area (Å²) in [4.78, 5) is 0. The molecule has 0 fully saturated rings. The molecule has 0 aliphatic heterocycles. The minimum absolute atomic E-state index is 0.112. The van der Waals surface area contributed by atoms with E-state index in [1.165, 1.54) is 14.2 Å². The Morgan fingerprint density at radius 1 is 1.11 bits per heavy atom. The summed E-state index contributed by atoms with van der Waals surface area (Å²) in [6.45, 7) is 3.29. The van der Waals surface area contributed by atoms with Crippen molar-refractivity contribution in [2.45, 2.75) is 32.7 Å². The van der Waals surface area contributed by atoms with Crippen molar-refractivity contribution in [3.8, 4) is 17.2 Å². The van der Waals surface area contributed by atoms with Crippen LogP contribution in [0.5, 0.6) is 17.2 Å². The van der Waals surface area contributed by atoms with E-state index in [9.17, 15) is 5.11 Å². The van der Waals surface area contributed by atoms with Crippen LogP contribution in [-0.4, -0.2) is 36.6 Å². The molecule has 1 aromatic carbocycles. The molecule has 18 heavy (non-hydrogen) atoms. The first-order chi connectivity index (χ1) is 8.53. The van der Waals surface area contributed by atoms with Crippen LogP contribution in [0.2, 0.25) is 0 Å². The molecule has 2 atom stereocenters. The van der Waals surface area contributed by atoms with E-state index in [4.69, 9.17) is 19.3 Å². The molecule has 1 rings (SSSR count). The quantitative estimate of drug-likeness (QED) is 0.804. The molecule has 5 nitrogen and oxygen atoms in total. The lowest BCUT2D eigenvalue weighted by Gasteiger charge is -2.21. The van der Waals surface area contributed by atoms with Crippen molar-refractivity contribution in [3.63, 3.8) is 0 Å². The van der Waals surface area contributed by atoms with Crippen LogP contribution >= 0.6 is 0 Å². The summed E-state index contributed by atoms with van der Waals surface area (Å²) in [5.41, 5.74) is 0.667. The fraction of sp³-hybridized carbons (Fsp3) is 0.538. The third-order valence-electron chi connectivity index (χ3n) is 2.69. The van der Waals surface area contributed by atoms with Crippen LogP contribution < -0.4 is 14.2 Å². The van der Waals surface area contributed by atoms with E-state index < -0.39 is 12.2 Å². The van der Waals surface area contributed by atoms with Gasteiger partial charge in [0, 0.05) is 0 Å². The Balaban J connectivity index is 3.14. The highest BCUT2D eigenvalue weighted by Crippen LogP contribution is 2.39. The number of benzene rings is 1. The van der Waals surface area contributed by atoms with Gasteiger partial charge in [0.15, 0.2) is 11.5 Å². The molecule has 1 aromatic rings. The van der Waals surface area contributed by atoms with E-state index in [1.807, 2.05) is 0 Å². The number of hydrogen-bond acceptors (Lipinski definition) is 5. The molecular weight excluding hydrogens is 236 g/mol. The lowest BCUT2D eigenvalue weighted by Crippen LogP contribution is -2.26. The zero-order valence-corrected chi connectivity index (χ0v) is 11.1. The summed E-state index contributed by atoms with van der Waals surface area (Å²) in [6.07, 6.45) is -1.01. The van der Waals surface area contributed by atoms with Crippen molar-refractivity contribution in [2.75, 3.05) is 14.2 Å². The number of hydrogen-bond donors (Lipinski definition) is 2. The summed E-state index contributed by atoms with van der Waals surface area (Å²) in [7, 11) is 3.02. The molecule has 2 unspecified atom stereocenters. The van der Waals surface area contributed by atoms with E-state index in [0.29, 0.717) is 22.8 Å². The Morgan fingerprint density at radius 3 is 1.94 bits per heavy atom. The molecule has 5 heteroatoms. The van der Waals surface area contributed by atoms with Gasteiger partial charge in [0.2, 0.25) is 5.75 Å². The minimum Gasteiger partial charge on any atom is -0.493 e. The first-order valence-electron chi connectivity index (χ1n) is 5.74. The molecule has 0 amide bonds. The molecule has 0 spiro atoms. The van der Waals surface area contributed by atoms with Gasteiger partial charge in [0.1, 0.15) is 6.10 Å². The van der Waals surface area contributed by atoms with E-state index in [1.54, 1.807) is 26.0 Å². The molecule has 0 bridgehead atoms. The van der Waals surface area contributed by atoms with Crippen LogP contribution in [0.1, 0.15) is 19.4 Å². The van der Waals surface area contributed by atoms with Gasteiger partial charge in [0.25, 0.3) is 0 Å². The standard InChI is InChI=1S/C13H20O5/c1-8(15)9(2)18-13-11(16-3)5-10(7-14)6-12(13)17-4/h5-6,8-9,14-15H,7H2,1-4H3. The van der Waals surface area contributed by atoms with Crippen LogP contribution in [0.15, 0.2) is 12.1 Å². The van der Waals surface area contributed by atoms with Crippen molar-refractivity contribution in [3.05, 3.63) is 17.7 Å². The van der Waals surface area contributed by atoms with Crippen LogP contribution in [0.3, 0.4) is 0 Å². The molecule has 2 N–H and O–H groups in total. The zero-order valence-electron chi connectivity index (χ0n) is 11.1. The molecule has 102 valence electrons. The van der Waals surface area contributed by atoms with E-state index in [-0.39, 0.29) is 6.61 Å². The molecule has 0 aliphatic rings. The summed E-state index contributed by atoms with van der Waals surface area (Å²) in [5, 5.41) is 18.6. The first kappa shape index (κ1) is 14.6. The number of methoxy groups -OCH3 is 2. The van der Waals surface area contributed by atoms with Crippen molar-refractivity contribution < 1.29 is 24.4 Å². The molecular formula is C13H20O5. The maximum absolute atomic E-state index is 9.46. The van der Waals surface area contributed by atoms with Gasteiger partial charge in [-0.2, -0.15) is 0 Å². The normalized spacial score (nSPS) is 13.9. The van der Waals surface area contributed by atoms with Gasteiger partial charge < -0.3 is 24.4 Å². The Labute approximate surface area is 107 Å². The first-order valence-corrected chi connectivity index (χ1v) is 5.74. The molecule has 0 aromatic heterocycles. The molecule has 0 saturated heterocycles. The largest absolute Gasteiger partial charge is 0.493 e. The highest BCUT2D eigenvalue weighted by Gasteiger charge is 2.19. The van der Waals surface area contributed by atoms with Crippen molar-refractivity contribution in [2.24, 2.45) is 0 Å². The van der Waals surface area contributed by atoms with E-state index in [2.05, 4.69) is 0 Å². The van der Waals surface area contributed by atoms with Gasteiger partial charge in [0.05, 0.1) is 26.9 Å². The minimum atomic E-state index is -0.614. The van der Waals surface area contributed by atoms with Gasteiger partial charge in [-0.05, 0) is 31.5 Å². The van der Waals surface area contributed by atoms with Crippen LogP contribution in [0, 0.1) is 0 Å². The Morgan fingerprint density at radius 2 is 1.61 bits per heavy atom. The van der Waals surface area contributed by atoms with Crippen molar-refractivity contribution in [1.29, 1.82) is 0 Å². The third kappa shape index (κ3) is 3.27. The summed E-state index contributed by atoms with van der Waals surface area (Å²) >= 11 is 0. The molecule has 0 aliphatic carbocycles. The summed E-state index contributed by atoms with van der Waals surface area (Å²) in [6, 6.07) is 3.35. The molecule has 0 saturated carbocycles. The Kier molecular flexibility index (Phi) is 5.25. The topological polar surface area (TPSA) is 68.2 Å². The van der Waals surface area contributed by atoms with Gasteiger partial charge in [-0.15, -0.1) is 0 Å². The van der Waals surface area contributed by atoms with Gasteiger partial charge in [-0.25, -0.2) is 0 Å². The number of aliphatic hydroxyl groups excluding tert-OH is 2. The third-order valence-corrected chi connectivity index (χ3v) is 2.69. The van der Waals surface area contributed by atoms with Crippen molar-refractivity contribution >= 4 is 0 Å². The number of aliphatic hydroxyl groups is 2. The Hall–Kier alpha value is -1.46. The van der Waals surface area contributed by atoms with Gasteiger partial charge in [-0.3, -0.25) is 0 Å². The lowest BCUT2D eigenvalue weighted by molar-refractivity contribution is 0.0567. The van der Waals surface area contributed by atoms with Crippen molar-refractivity contribution in [1.82, 2.24) is 0 Å². The predicted molar refractivity (Wildman–Crippen MR) is 67.2 cm³/mol. The second-order valence-electron chi connectivity index (χ2n) is 4.05. The zero-order chi connectivity index (χ0) is 13.7. The fourth-order valence-corrected chi connectivity index (χ4v) is 1.43. The second-order valence-corrected chi connectivity index (χ2v) is 4.05. The number of rotatable bonds is 6. The molecule has 0 heterocycles. The fourth-order valence-electron chi connectivity index (χ4n) is 1.43. The smallest absolute Gasteiger partial charge is 0.203 e. The van der Waals surface area contributed by atoms with Crippen LogP contribution in [0.25, 0.3) is 0 Å². The van der Waals surface area contributed by atoms with Crippen LogP contribution in [0.4, 0.5) is 0 Å². The monoisotopic (exact) mass is 256 g/mol. The average Bonchev–Trinajstić information content (AvgIpc) is 2.38. The Bertz CT molecular complexity index is 364. The predicted octanol–water partition coefficient (Wildman–Crippen LogP) is 1.34. The second kappa shape index (κ2) is 6.47. The lowest BCUT2D eigenvalue weighted by atomic mass is 10.2. The summed E-state index contributed by atoms with van der Waals surface area (Å²) in [5.74, 6) is 1.35. The summed E-state index contributed by atoms with van der Waals surface area (Å²) < 4.78 is 16.1. The van der Waals surface area contributed by atoms with E-state index >= 15 is 0 Å². The average molecular weight is 256 g/mol. The van der Waals surface area contributed by atoms with Gasteiger partial charge in [-0.1, -0.05) is 0 Å². The molecule has 0 radical (unpaired) electrons. The van der Waals surface area contributed by atoms with Crippen LogP contribution in [-0.2, 0) is 6.61 Å². The maximum atomic E-state index is 9.46. The highest BCUT2D eigenvalue weighted by atomic mass is 16.5. The van der Waals surface area contributed by atoms with E-state index in [0.717, 1.165) is 0 Å². The SMILES string of the molecule is COc1cc(CO)cc(OC)c1OC(C)C(C)O. The maximum Gasteiger partial charge on any atom is 0.203 e. The highest BCUT2D eigenvalue weighted by molar-refractivity contribution is 5.53.